The molecule has 0 aliphatic heterocycles. The molecule has 0 spiro atoms. The predicted molar refractivity (Wildman–Crippen MR) is 43.8 cm³/mol. The van der Waals surface area contributed by atoms with E-state index in [1.165, 1.54) is 12.2 Å². The molecule has 0 radical (unpaired) electrons. The number of hydrogen-bond acceptors (Lipinski definition) is 1. The van der Waals surface area contributed by atoms with Crippen LogP contribution in [0.4, 0.5) is 4.39 Å². The van der Waals surface area contributed by atoms with Crippen LogP contribution in [0.1, 0.15) is 13.8 Å². The smallest absolute Gasteiger partial charge is 0.152 e. The molecule has 1 nitrogen and oxygen atoms in total. The lowest BCUT2D eigenvalue weighted by Crippen LogP contribution is -1.82. The SMILES string of the molecule is C\C=C/C(F)=C(C=O)\C=C/C. The van der Waals surface area contributed by atoms with Gasteiger partial charge in [-0.05, 0) is 19.9 Å². The molecule has 0 unspecified atom stereocenters. The first kappa shape index (κ1) is 9.82. The first-order valence-electron chi connectivity index (χ1n) is 3.36. The molecule has 2 heteroatoms. The van der Waals surface area contributed by atoms with Crippen LogP contribution in [0.5, 0.6) is 0 Å². The molecule has 0 fully saturated rings. The van der Waals surface area contributed by atoms with Crippen LogP contribution >= 0.6 is 0 Å². The van der Waals surface area contributed by atoms with Crippen LogP contribution in [0.15, 0.2) is 35.7 Å². The van der Waals surface area contributed by atoms with Crippen molar-refractivity contribution < 1.29 is 9.18 Å². The minimum Gasteiger partial charge on any atom is -0.298 e. The van der Waals surface area contributed by atoms with E-state index < -0.39 is 5.83 Å². The Bertz CT molecular complexity index is 212. The van der Waals surface area contributed by atoms with Gasteiger partial charge in [-0.2, -0.15) is 0 Å². The van der Waals surface area contributed by atoms with Crippen molar-refractivity contribution in [3.8, 4) is 0 Å². The van der Waals surface area contributed by atoms with Crippen LogP contribution in [0, 0.1) is 0 Å². The monoisotopic (exact) mass is 154 g/mol. The molecular weight excluding hydrogens is 143 g/mol. The number of carbonyl (C=O) groups excluding carboxylic acids is 1. The van der Waals surface area contributed by atoms with E-state index in [2.05, 4.69) is 0 Å². The minimum absolute atomic E-state index is 0.0746. The molecule has 0 N–H and O–H groups in total. The van der Waals surface area contributed by atoms with E-state index in [0.717, 1.165) is 0 Å². The van der Waals surface area contributed by atoms with Gasteiger partial charge in [0, 0.05) is 5.57 Å². The Morgan fingerprint density at radius 2 is 1.73 bits per heavy atom. The van der Waals surface area contributed by atoms with Crippen molar-refractivity contribution >= 4 is 6.29 Å². The van der Waals surface area contributed by atoms with Gasteiger partial charge in [0.1, 0.15) is 5.83 Å². The number of allylic oxidation sites excluding steroid dienone is 6. The second kappa shape index (κ2) is 5.59. The molecule has 0 aliphatic carbocycles. The average molecular weight is 154 g/mol. The highest BCUT2D eigenvalue weighted by molar-refractivity contribution is 5.78. The molecule has 0 rings (SSSR count). The molecule has 0 aromatic heterocycles. The van der Waals surface area contributed by atoms with Gasteiger partial charge in [-0.25, -0.2) is 4.39 Å². The van der Waals surface area contributed by atoms with Crippen molar-refractivity contribution in [3.63, 3.8) is 0 Å². The molecule has 0 aromatic rings. The standard InChI is InChI=1S/C9H11FO/c1-3-5-8(7-11)9(10)6-4-2/h3-7H,1-2H3/b5-3-,6-4-,9-8-. The fraction of sp³-hybridized carbons (Fsp3) is 0.222. The van der Waals surface area contributed by atoms with Crippen LogP contribution in [0.2, 0.25) is 0 Å². The summed E-state index contributed by atoms with van der Waals surface area (Å²) in [7, 11) is 0. The Morgan fingerprint density at radius 1 is 1.18 bits per heavy atom. The number of hydrogen-bond donors (Lipinski definition) is 0. The summed E-state index contributed by atoms with van der Waals surface area (Å²) in [5.74, 6) is -0.499. The highest BCUT2D eigenvalue weighted by Crippen LogP contribution is 2.06. The van der Waals surface area contributed by atoms with Gasteiger partial charge in [0.05, 0.1) is 0 Å². The first-order valence-corrected chi connectivity index (χ1v) is 3.36. The minimum atomic E-state index is -0.499. The average Bonchev–Trinajstić information content (AvgIpc) is 2.00. The lowest BCUT2D eigenvalue weighted by atomic mass is 10.2. The summed E-state index contributed by atoms with van der Waals surface area (Å²) in [5.41, 5.74) is 0.0746. The lowest BCUT2D eigenvalue weighted by molar-refractivity contribution is -0.104. The van der Waals surface area contributed by atoms with Crippen molar-refractivity contribution in [3.05, 3.63) is 35.7 Å². The Morgan fingerprint density at radius 3 is 2.09 bits per heavy atom. The van der Waals surface area contributed by atoms with Crippen LogP contribution in [0.3, 0.4) is 0 Å². The Kier molecular flexibility index (Phi) is 4.99. The van der Waals surface area contributed by atoms with E-state index in [-0.39, 0.29) is 5.57 Å². The molecule has 0 aromatic carbocycles. The third-order valence-electron chi connectivity index (χ3n) is 1.06. The molecule has 0 saturated carbocycles. The lowest BCUT2D eigenvalue weighted by Gasteiger charge is -1.89. The number of halogens is 1. The van der Waals surface area contributed by atoms with Crippen LogP contribution in [-0.4, -0.2) is 6.29 Å². The zero-order valence-electron chi connectivity index (χ0n) is 6.67. The molecule has 60 valence electrons. The van der Waals surface area contributed by atoms with E-state index in [1.807, 2.05) is 0 Å². The molecule has 0 aliphatic rings. The normalized spacial score (nSPS) is 14.1. The number of aldehydes is 1. The third kappa shape index (κ3) is 3.50. The van der Waals surface area contributed by atoms with E-state index >= 15 is 0 Å². The maximum Gasteiger partial charge on any atom is 0.152 e. The fourth-order valence-electron chi connectivity index (χ4n) is 0.597. The quantitative estimate of drug-likeness (QED) is 0.347. The van der Waals surface area contributed by atoms with Crippen molar-refractivity contribution in [2.45, 2.75) is 13.8 Å². The summed E-state index contributed by atoms with van der Waals surface area (Å²) in [4.78, 5) is 10.2. The largest absolute Gasteiger partial charge is 0.298 e. The van der Waals surface area contributed by atoms with Gasteiger partial charge in [-0.3, -0.25) is 4.79 Å². The highest BCUT2D eigenvalue weighted by Gasteiger charge is 1.95. The topological polar surface area (TPSA) is 17.1 Å². The van der Waals surface area contributed by atoms with E-state index in [1.54, 1.807) is 26.0 Å². The maximum atomic E-state index is 12.8. The molecule has 0 amide bonds. The van der Waals surface area contributed by atoms with Crippen LogP contribution in [0.25, 0.3) is 0 Å². The number of carbonyl (C=O) groups is 1. The molecule has 0 bridgehead atoms. The predicted octanol–water partition coefficient (Wildman–Crippen LogP) is 2.56. The van der Waals surface area contributed by atoms with Gasteiger partial charge in [-0.1, -0.05) is 18.2 Å². The second-order valence-corrected chi connectivity index (χ2v) is 1.92. The molecule has 11 heavy (non-hydrogen) atoms. The van der Waals surface area contributed by atoms with E-state index in [9.17, 15) is 9.18 Å². The van der Waals surface area contributed by atoms with Gasteiger partial charge < -0.3 is 0 Å². The van der Waals surface area contributed by atoms with E-state index in [4.69, 9.17) is 0 Å². The fourth-order valence-corrected chi connectivity index (χ4v) is 0.597. The van der Waals surface area contributed by atoms with Gasteiger partial charge >= 0.3 is 0 Å². The third-order valence-corrected chi connectivity index (χ3v) is 1.06. The van der Waals surface area contributed by atoms with Gasteiger partial charge in [0.25, 0.3) is 0 Å². The summed E-state index contributed by atoms with van der Waals surface area (Å²) in [5, 5.41) is 0. The first-order chi connectivity index (χ1) is 5.26. The van der Waals surface area contributed by atoms with E-state index in [0.29, 0.717) is 6.29 Å². The summed E-state index contributed by atoms with van der Waals surface area (Å²) in [6.45, 7) is 3.42. The summed E-state index contributed by atoms with van der Waals surface area (Å²) < 4.78 is 12.8. The maximum absolute atomic E-state index is 12.8. The van der Waals surface area contributed by atoms with Crippen LogP contribution < -0.4 is 0 Å². The summed E-state index contributed by atoms with van der Waals surface area (Å²) in [6, 6.07) is 0. The zero-order valence-corrected chi connectivity index (χ0v) is 6.67. The summed E-state index contributed by atoms with van der Waals surface area (Å²) >= 11 is 0. The molecule has 0 saturated heterocycles. The highest BCUT2D eigenvalue weighted by atomic mass is 19.1. The molecule has 0 atom stereocenters. The van der Waals surface area contributed by atoms with Crippen molar-refractivity contribution in [2.24, 2.45) is 0 Å². The molecule has 0 heterocycles. The molecular formula is C9H11FO. The van der Waals surface area contributed by atoms with Crippen molar-refractivity contribution in [1.82, 2.24) is 0 Å². The Balaban J connectivity index is 4.66. The van der Waals surface area contributed by atoms with Gasteiger partial charge in [0.2, 0.25) is 0 Å². The Hall–Kier alpha value is -1.18. The van der Waals surface area contributed by atoms with Crippen molar-refractivity contribution in [2.75, 3.05) is 0 Å². The zero-order chi connectivity index (χ0) is 8.69. The second-order valence-electron chi connectivity index (χ2n) is 1.92. The Labute approximate surface area is 65.9 Å². The van der Waals surface area contributed by atoms with Crippen molar-refractivity contribution in [1.29, 1.82) is 0 Å². The number of rotatable bonds is 3. The van der Waals surface area contributed by atoms with Crippen LogP contribution in [-0.2, 0) is 4.79 Å². The van der Waals surface area contributed by atoms with Gasteiger partial charge in [-0.15, -0.1) is 0 Å². The van der Waals surface area contributed by atoms with Gasteiger partial charge in [0.15, 0.2) is 6.29 Å². The summed E-state index contributed by atoms with van der Waals surface area (Å²) in [6.07, 6.45) is 6.34.